The van der Waals surface area contributed by atoms with Crippen LogP contribution in [0.5, 0.6) is 5.75 Å². The maximum absolute atomic E-state index is 12.6. The molecule has 1 atom stereocenters. The minimum atomic E-state index is -0.0679. The first-order valence-corrected chi connectivity index (χ1v) is 9.83. The fraction of sp³-hybridized carbons (Fsp3) is 0.0952. The van der Waals surface area contributed by atoms with Gasteiger partial charge in [-0.3, -0.25) is 4.79 Å². The van der Waals surface area contributed by atoms with Gasteiger partial charge in [-0.15, -0.1) is 0 Å². The summed E-state index contributed by atoms with van der Waals surface area (Å²) in [5.41, 5.74) is 2.43. The first-order valence-electron chi connectivity index (χ1n) is 8.07. The van der Waals surface area contributed by atoms with Crippen molar-refractivity contribution in [2.75, 3.05) is 0 Å². The van der Waals surface area contributed by atoms with Crippen LogP contribution in [-0.4, -0.2) is 24.4 Å². The van der Waals surface area contributed by atoms with Crippen molar-refractivity contribution >= 4 is 61.5 Å². The van der Waals surface area contributed by atoms with Crippen LogP contribution >= 0.6 is 31.8 Å². The Morgan fingerprint density at radius 3 is 2.26 bits per heavy atom. The second kappa shape index (κ2) is 10.3. The van der Waals surface area contributed by atoms with Gasteiger partial charge in [0.2, 0.25) is 0 Å². The Kier molecular flexibility index (Phi) is 8.43. The molecule has 3 rings (SSSR count). The number of carbonyl (C=O) groups is 1. The third kappa shape index (κ3) is 5.85. The van der Waals surface area contributed by atoms with Gasteiger partial charge in [-0.2, -0.15) is 0 Å². The molecule has 1 unspecified atom stereocenters. The molecule has 0 saturated carbocycles. The molecule has 0 N–H and O–H groups in total. The topological polar surface area (TPSA) is 26.3 Å². The van der Waals surface area contributed by atoms with E-state index in [2.05, 4.69) is 0 Å². The van der Waals surface area contributed by atoms with Crippen molar-refractivity contribution in [1.29, 1.82) is 0 Å². The van der Waals surface area contributed by atoms with Crippen LogP contribution in [0.1, 0.15) is 21.5 Å². The number of hydrogen-bond donors (Lipinski definition) is 0. The Labute approximate surface area is 183 Å². The van der Waals surface area contributed by atoms with E-state index in [9.17, 15) is 4.79 Å². The number of benzene rings is 3. The summed E-state index contributed by atoms with van der Waals surface area (Å²) >= 11 is 12.3. The molecule has 0 aliphatic rings. The first kappa shape index (κ1) is 22.0. The Bertz CT molecular complexity index is 912. The van der Waals surface area contributed by atoms with Crippen molar-refractivity contribution in [3.05, 3.63) is 93.5 Å². The van der Waals surface area contributed by atoms with E-state index in [1.54, 1.807) is 18.2 Å². The van der Waals surface area contributed by atoms with Crippen LogP contribution in [0.2, 0.25) is 10.0 Å². The monoisotopic (exact) mass is 410 g/mol. The summed E-state index contributed by atoms with van der Waals surface area (Å²) < 4.78 is 5.83. The van der Waals surface area contributed by atoms with Crippen LogP contribution in [-0.2, 0) is 6.61 Å². The fourth-order valence-corrected chi connectivity index (χ4v) is 4.31. The van der Waals surface area contributed by atoms with Gasteiger partial charge in [-0.25, -0.2) is 0 Å². The zero-order valence-corrected chi connectivity index (χ0v) is 16.6. The molecule has 0 fully saturated rings. The Balaban J connectivity index is 0.00000261. The number of hydrogen-bond acceptors (Lipinski definition) is 2. The van der Waals surface area contributed by atoms with Crippen LogP contribution in [0.3, 0.4) is 0 Å². The molecular formula is C21H18Cl2LiO2P. The predicted octanol–water partition coefficient (Wildman–Crippen LogP) is 5.38. The summed E-state index contributed by atoms with van der Waals surface area (Å²) in [5, 5.41) is 1.73. The molecule has 0 bridgehead atoms. The van der Waals surface area contributed by atoms with E-state index in [-0.39, 0.29) is 33.0 Å². The van der Waals surface area contributed by atoms with Crippen molar-refractivity contribution in [3.63, 3.8) is 0 Å². The second-order valence-electron chi connectivity index (χ2n) is 5.80. The van der Waals surface area contributed by atoms with E-state index in [0.29, 0.717) is 22.2 Å². The van der Waals surface area contributed by atoms with Gasteiger partial charge in [0.1, 0.15) is 12.4 Å². The van der Waals surface area contributed by atoms with Gasteiger partial charge < -0.3 is 4.74 Å². The number of aryl methyl sites for hydroxylation is 1. The maximum atomic E-state index is 12.6. The van der Waals surface area contributed by atoms with Gasteiger partial charge >= 0.3 is 18.9 Å². The van der Waals surface area contributed by atoms with Gasteiger partial charge in [0.05, 0.1) is 15.6 Å². The number of rotatable bonds is 6. The third-order valence-electron chi connectivity index (χ3n) is 3.88. The van der Waals surface area contributed by atoms with Crippen molar-refractivity contribution < 1.29 is 9.53 Å². The number of carbonyl (C=O) groups excluding carboxylic acids is 1. The van der Waals surface area contributed by atoms with Crippen LogP contribution in [0.15, 0.2) is 66.7 Å². The van der Waals surface area contributed by atoms with Gasteiger partial charge in [-0.05, 0) is 56.2 Å². The number of halogens is 2. The fourth-order valence-electron chi connectivity index (χ4n) is 2.51. The van der Waals surface area contributed by atoms with Crippen molar-refractivity contribution in [1.82, 2.24) is 0 Å². The van der Waals surface area contributed by atoms with Crippen LogP contribution in [0, 0.1) is 6.92 Å². The zero-order chi connectivity index (χ0) is 18.5. The van der Waals surface area contributed by atoms with Gasteiger partial charge in [0.15, 0.2) is 5.52 Å². The summed E-state index contributed by atoms with van der Waals surface area (Å²) in [6.45, 7) is 2.48. The standard InChI is InChI=1S/C21H17Cl2O2P.Li.H/c1-14-12-16(25-13-15-6-3-2-4-7-15)10-11-19(14)26-21(24)20-17(22)8-5-9-18(20)23;;/h2-12,26H,13H2,1H3;;. The van der Waals surface area contributed by atoms with E-state index in [1.807, 2.05) is 55.5 Å². The molecule has 0 aliphatic heterocycles. The van der Waals surface area contributed by atoms with Crippen molar-refractivity contribution in [2.45, 2.75) is 13.5 Å². The molecule has 0 heterocycles. The Morgan fingerprint density at radius 1 is 0.963 bits per heavy atom. The predicted molar refractivity (Wildman–Crippen MR) is 118 cm³/mol. The molecule has 27 heavy (non-hydrogen) atoms. The molecule has 2 nitrogen and oxygen atoms in total. The summed E-state index contributed by atoms with van der Waals surface area (Å²) in [6.07, 6.45) is 0. The van der Waals surface area contributed by atoms with E-state index in [4.69, 9.17) is 27.9 Å². The summed E-state index contributed by atoms with van der Waals surface area (Å²) in [5.74, 6) is 0.781. The van der Waals surface area contributed by atoms with Crippen molar-refractivity contribution in [2.24, 2.45) is 0 Å². The molecule has 3 aromatic rings. The molecule has 3 aromatic carbocycles. The normalized spacial score (nSPS) is 10.6. The summed E-state index contributed by atoms with van der Waals surface area (Å²) in [7, 11) is -0.0448. The summed E-state index contributed by atoms with van der Waals surface area (Å²) in [4.78, 5) is 12.6. The SMILES string of the molecule is Cc1cc(OCc2ccccc2)ccc1PC(=O)c1c(Cl)cccc1Cl.[LiH]. The molecule has 0 saturated heterocycles. The van der Waals surface area contributed by atoms with E-state index in [0.717, 1.165) is 22.2 Å². The second-order valence-corrected chi connectivity index (χ2v) is 7.86. The molecule has 0 amide bonds. The van der Waals surface area contributed by atoms with Gasteiger partial charge in [-0.1, -0.05) is 65.7 Å². The molecule has 0 aromatic heterocycles. The quantitative estimate of drug-likeness (QED) is 0.403. The van der Waals surface area contributed by atoms with Gasteiger partial charge in [0.25, 0.3) is 0 Å². The average Bonchev–Trinajstić information content (AvgIpc) is 2.63. The molecule has 6 heteroatoms. The Hall–Kier alpha value is -1.26. The average molecular weight is 411 g/mol. The van der Waals surface area contributed by atoms with E-state index < -0.39 is 0 Å². The molecule has 0 radical (unpaired) electrons. The molecular weight excluding hydrogens is 393 g/mol. The van der Waals surface area contributed by atoms with Crippen molar-refractivity contribution in [3.8, 4) is 5.75 Å². The van der Waals surface area contributed by atoms with E-state index in [1.165, 1.54) is 0 Å². The minimum absolute atomic E-state index is 0. The van der Waals surface area contributed by atoms with Crippen LogP contribution in [0.4, 0.5) is 0 Å². The van der Waals surface area contributed by atoms with Gasteiger partial charge in [0, 0.05) is 0 Å². The third-order valence-corrected chi connectivity index (χ3v) is 5.82. The molecule has 0 spiro atoms. The van der Waals surface area contributed by atoms with E-state index >= 15 is 0 Å². The first-order chi connectivity index (χ1) is 12.5. The van der Waals surface area contributed by atoms with Crippen LogP contribution in [0.25, 0.3) is 0 Å². The Morgan fingerprint density at radius 2 is 1.63 bits per heavy atom. The molecule has 0 aliphatic carbocycles. The van der Waals surface area contributed by atoms with Crippen LogP contribution < -0.4 is 10.0 Å². The zero-order valence-electron chi connectivity index (χ0n) is 14.1. The summed E-state index contributed by atoms with van der Waals surface area (Å²) in [6, 6.07) is 20.9. The molecule has 134 valence electrons. The number of ether oxygens (including phenoxy) is 1.